The third kappa shape index (κ3) is 1.69. The van der Waals surface area contributed by atoms with Crippen molar-refractivity contribution in [2.45, 2.75) is 6.04 Å². The molecule has 0 saturated carbocycles. The van der Waals surface area contributed by atoms with Crippen molar-refractivity contribution in [3.63, 3.8) is 0 Å². The molecule has 1 atom stereocenters. The van der Waals surface area contributed by atoms with E-state index in [0.717, 1.165) is 0 Å². The molecule has 0 aliphatic heterocycles. The predicted octanol–water partition coefficient (Wildman–Crippen LogP) is 0.916. The summed E-state index contributed by atoms with van der Waals surface area (Å²) in [5, 5.41) is 17.4. The van der Waals surface area contributed by atoms with Gasteiger partial charge in [0.1, 0.15) is 11.8 Å². The summed E-state index contributed by atoms with van der Waals surface area (Å²) in [6, 6.07) is 7.60. The molecule has 0 radical (unpaired) electrons. The highest BCUT2D eigenvalue weighted by Crippen LogP contribution is 2.15. The van der Waals surface area contributed by atoms with E-state index in [1.54, 1.807) is 12.1 Å². The van der Waals surface area contributed by atoms with E-state index < -0.39 is 6.04 Å². The molecule has 0 aliphatic rings. The minimum Gasteiger partial charge on any atom is -0.508 e. The predicted molar refractivity (Wildman–Crippen MR) is 40.6 cm³/mol. The lowest BCUT2D eigenvalue weighted by Gasteiger charge is -2.01. The Balaban J connectivity index is 2.98. The van der Waals surface area contributed by atoms with E-state index in [2.05, 4.69) is 0 Å². The number of nitrogens with zero attached hydrogens (tertiary/aromatic N) is 1. The average molecular weight is 148 g/mol. The lowest BCUT2D eigenvalue weighted by atomic mass is 10.1. The van der Waals surface area contributed by atoms with E-state index in [0.29, 0.717) is 5.56 Å². The zero-order valence-corrected chi connectivity index (χ0v) is 5.86. The van der Waals surface area contributed by atoms with Crippen LogP contribution in [-0.4, -0.2) is 5.11 Å². The molecule has 1 rings (SSSR count). The maximum absolute atomic E-state index is 8.99. The van der Waals surface area contributed by atoms with Crippen molar-refractivity contribution in [1.29, 1.82) is 5.26 Å². The molecule has 0 bridgehead atoms. The normalized spacial score (nSPS) is 12.0. The van der Waals surface area contributed by atoms with Crippen LogP contribution in [0.1, 0.15) is 11.6 Å². The van der Waals surface area contributed by atoms with Gasteiger partial charge in [0.2, 0.25) is 0 Å². The molecule has 0 fully saturated rings. The fourth-order valence-electron chi connectivity index (χ4n) is 0.793. The number of phenols is 1. The van der Waals surface area contributed by atoms with Gasteiger partial charge < -0.3 is 10.8 Å². The van der Waals surface area contributed by atoms with E-state index in [9.17, 15) is 0 Å². The molecular formula is C8H8N2O. The number of nitrogens with two attached hydrogens (primary N) is 1. The Hall–Kier alpha value is -1.53. The Morgan fingerprint density at radius 2 is 2.27 bits per heavy atom. The van der Waals surface area contributed by atoms with Crippen molar-refractivity contribution in [2.75, 3.05) is 0 Å². The van der Waals surface area contributed by atoms with Crippen LogP contribution < -0.4 is 5.73 Å². The minimum atomic E-state index is -0.651. The first-order valence-electron chi connectivity index (χ1n) is 3.18. The van der Waals surface area contributed by atoms with Gasteiger partial charge in [-0.1, -0.05) is 12.1 Å². The summed E-state index contributed by atoms with van der Waals surface area (Å²) in [6.07, 6.45) is 0. The van der Waals surface area contributed by atoms with Gasteiger partial charge in [-0.05, 0) is 17.7 Å². The number of nitriles is 1. The van der Waals surface area contributed by atoms with Gasteiger partial charge in [0.15, 0.2) is 0 Å². The van der Waals surface area contributed by atoms with Gasteiger partial charge in [-0.25, -0.2) is 0 Å². The summed E-state index contributed by atoms with van der Waals surface area (Å²) in [7, 11) is 0. The van der Waals surface area contributed by atoms with E-state index in [1.807, 2.05) is 6.07 Å². The molecule has 0 heterocycles. The number of rotatable bonds is 1. The van der Waals surface area contributed by atoms with Crippen LogP contribution in [0.2, 0.25) is 0 Å². The Kier molecular flexibility index (Phi) is 2.09. The molecule has 1 aromatic rings. The van der Waals surface area contributed by atoms with Crippen molar-refractivity contribution in [1.82, 2.24) is 0 Å². The first kappa shape index (κ1) is 7.58. The Morgan fingerprint density at radius 1 is 1.55 bits per heavy atom. The van der Waals surface area contributed by atoms with Crippen LogP contribution in [0.15, 0.2) is 24.3 Å². The topological polar surface area (TPSA) is 70.0 Å². The highest BCUT2D eigenvalue weighted by molar-refractivity contribution is 5.31. The van der Waals surface area contributed by atoms with Gasteiger partial charge in [-0.15, -0.1) is 0 Å². The monoisotopic (exact) mass is 148 g/mol. The molecule has 3 N–H and O–H groups in total. The average Bonchev–Trinajstić information content (AvgIpc) is 2.03. The second-order valence-electron chi connectivity index (χ2n) is 2.20. The third-order valence-corrected chi connectivity index (χ3v) is 1.37. The summed E-state index contributed by atoms with van der Waals surface area (Å²) in [4.78, 5) is 0. The highest BCUT2D eigenvalue weighted by Gasteiger charge is 2.02. The van der Waals surface area contributed by atoms with E-state index in [1.165, 1.54) is 12.1 Å². The summed E-state index contributed by atoms with van der Waals surface area (Å²) in [6.45, 7) is 0. The number of hydrogen-bond acceptors (Lipinski definition) is 3. The zero-order chi connectivity index (χ0) is 8.27. The second-order valence-corrected chi connectivity index (χ2v) is 2.20. The van der Waals surface area contributed by atoms with Gasteiger partial charge in [-0.2, -0.15) is 5.26 Å². The minimum absolute atomic E-state index is 0.133. The molecule has 0 aliphatic carbocycles. The Morgan fingerprint density at radius 3 is 2.82 bits per heavy atom. The first-order valence-corrected chi connectivity index (χ1v) is 3.18. The van der Waals surface area contributed by atoms with Crippen molar-refractivity contribution in [2.24, 2.45) is 5.73 Å². The van der Waals surface area contributed by atoms with E-state index >= 15 is 0 Å². The zero-order valence-electron chi connectivity index (χ0n) is 5.86. The molecule has 0 amide bonds. The van der Waals surface area contributed by atoms with Crippen LogP contribution in [0.4, 0.5) is 0 Å². The highest BCUT2D eigenvalue weighted by atomic mass is 16.3. The lowest BCUT2D eigenvalue weighted by Crippen LogP contribution is -2.06. The molecule has 0 unspecified atom stereocenters. The molecule has 1 aromatic carbocycles. The largest absolute Gasteiger partial charge is 0.508 e. The molecule has 0 aromatic heterocycles. The van der Waals surface area contributed by atoms with Gasteiger partial charge in [0.05, 0.1) is 6.07 Å². The molecule has 0 spiro atoms. The summed E-state index contributed by atoms with van der Waals surface area (Å²) in [5.74, 6) is 0.133. The van der Waals surface area contributed by atoms with Crippen molar-refractivity contribution >= 4 is 0 Å². The van der Waals surface area contributed by atoms with Crippen molar-refractivity contribution in [3.8, 4) is 11.8 Å². The number of hydrogen-bond donors (Lipinski definition) is 2. The Bertz CT molecular complexity index is 290. The number of benzene rings is 1. The number of phenolic OH excluding ortho intramolecular Hbond substituents is 1. The van der Waals surface area contributed by atoms with E-state index in [4.69, 9.17) is 16.1 Å². The van der Waals surface area contributed by atoms with E-state index in [-0.39, 0.29) is 5.75 Å². The maximum atomic E-state index is 8.99. The Labute approximate surface area is 64.7 Å². The van der Waals surface area contributed by atoms with Crippen LogP contribution in [0.3, 0.4) is 0 Å². The lowest BCUT2D eigenvalue weighted by molar-refractivity contribution is 0.474. The standard InChI is InChI=1S/C8H8N2O/c9-5-8(10)6-2-1-3-7(11)4-6/h1-4,8,11H,10H2/t8-/m0/s1. The van der Waals surface area contributed by atoms with Crippen LogP contribution >= 0.6 is 0 Å². The van der Waals surface area contributed by atoms with Crippen LogP contribution in [-0.2, 0) is 0 Å². The van der Waals surface area contributed by atoms with Crippen LogP contribution in [0, 0.1) is 11.3 Å². The first-order chi connectivity index (χ1) is 5.24. The van der Waals surface area contributed by atoms with Gasteiger partial charge in [0.25, 0.3) is 0 Å². The fraction of sp³-hybridized carbons (Fsp3) is 0.125. The second kappa shape index (κ2) is 3.04. The van der Waals surface area contributed by atoms with Crippen LogP contribution in [0.25, 0.3) is 0 Å². The summed E-state index contributed by atoms with van der Waals surface area (Å²) in [5.41, 5.74) is 6.02. The molecular weight excluding hydrogens is 140 g/mol. The SMILES string of the molecule is N#C[C@H](N)c1cccc(O)c1. The molecule has 0 saturated heterocycles. The fourth-order valence-corrected chi connectivity index (χ4v) is 0.793. The maximum Gasteiger partial charge on any atom is 0.119 e. The third-order valence-electron chi connectivity index (χ3n) is 1.37. The smallest absolute Gasteiger partial charge is 0.119 e. The van der Waals surface area contributed by atoms with Crippen molar-refractivity contribution in [3.05, 3.63) is 29.8 Å². The molecule has 56 valence electrons. The van der Waals surface area contributed by atoms with Gasteiger partial charge in [0, 0.05) is 0 Å². The van der Waals surface area contributed by atoms with Gasteiger partial charge >= 0.3 is 0 Å². The van der Waals surface area contributed by atoms with Crippen molar-refractivity contribution < 1.29 is 5.11 Å². The number of aromatic hydroxyl groups is 1. The van der Waals surface area contributed by atoms with Gasteiger partial charge in [-0.3, -0.25) is 0 Å². The van der Waals surface area contributed by atoms with Crippen LogP contribution in [0.5, 0.6) is 5.75 Å². The quantitative estimate of drug-likeness (QED) is 0.622. The summed E-state index contributed by atoms with van der Waals surface area (Å²) < 4.78 is 0. The molecule has 11 heavy (non-hydrogen) atoms. The molecule has 3 nitrogen and oxygen atoms in total. The molecule has 3 heteroatoms. The summed E-state index contributed by atoms with van der Waals surface area (Å²) >= 11 is 0.